The molecule has 2 aromatic carbocycles. The zero-order valence-corrected chi connectivity index (χ0v) is 14.3. The topological polar surface area (TPSA) is 15.6 Å². The molecule has 2 heteroatoms. The van der Waals surface area contributed by atoms with Crippen LogP contribution in [0.25, 0.3) is 0 Å². The number of hydrogen-bond acceptors (Lipinski definition) is 1. The molecule has 2 aliphatic rings. The SMILES string of the molecule is Cc1ccc(N2/C(=N/c3ccccc3)CC2C2=CC#CCC=C2)cc1. The average molecular weight is 324 g/mol. The van der Waals surface area contributed by atoms with E-state index in [4.69, 9.17) is 4.99 Å². The van der Waals surface area contributed by atoms with Crippen LogP contribution in [-0.4, -0.2) is 11.9 Å². The number of anilines is 1. The first kappa shape index (κ1) is 15.5. The van der Waals surface area contributed by atoms with Gasteiger partial charge in [-0.3, -0.25) is 0 Å². The Morgan fingerprint density at radius 1 is 1.04 bits per heavy atom. The van der Waals surface area contributed by atoms with Crippen LogP contribution in [0.3, 0.4) is 0 Å². The highest BCUT2D eigenvalue weighted by molar-refractivity contribution is 6.07. The molecule has 0 bridgehead atoms. The quantitative estimate of drug-likeness (QED) is 0.709. The van der Waals surface area contributed by atoms with Crippen LogP contribution in [0.15, 0.2) is 83.4 Å². The van der Waals surface area contributed by atoms with Gasteiger partial charge in [0.25, 0.3) is 0 Å². The minimum absolute atomic E-state index is 0.300. The van der Waals surface area contributed by atoms with Crippen molar-refractivity contribution >= 4 is 17.2 Å². The maximum Gasteiger partial charge on any atom is 0.112 e. The lowest BCUT2D eigenvalue weighted by Crippen LogP contribution is -2.53. The molecule has 122 valence electrons. The minimum atomic E-state index is 0.300. The highest BCUT2D eigenvalue weighted by Crippen LogP contribution is 2.35. The number of allylic oxidation sites excluding steroid dienone is 2. The van der Waals surface area contributed by atoms with E-state index in [9.17, 15) is 0 Å². The molecule has 1 unspecified atom stereocenters. The third-order valence-corrected chi connectivity index (χ3v) is 4.55. The van der Waals surface area contributed by atoms with E-state index in [1.54, 1.807) is 0 Å². The third kappa shape index (κ3) is 3.27. The van der Waals surface area contributed by atoms with E-state index in [1.165, 1.54) is 16.8 Å². The predicted octanol–water partition coefficient (Wildman–Crippen LogP) is 5.19. The highest BCUT2D eigenvalue weighted by atomic mass is 15.3. The Balaban J connectivity index is 1.70. The summed E-state index contributed by atoms with van der Waals surface area (Å²) in [4.78, 5) is 7.20. The number of benzene rings is 2. The average Bonchev–Trinajstić information content (AvgIpc) is 2.90. The van der Waals surface area contributed by atoms with E-state index in [2.05, 4.69) is 66.2 Å². The summed E-state index contributed by atoms with van der Waals surface area (Å²) in [5, 5.41) is 0. The van der Waals surface area contributed by atoms with Crippen molar-refractivity contribution < 1.29 is 0 Å². The Hall–Kier alpha value is -3.05. The highest BCUT2D eigenvalue weighted by Gasteiger charge is 2.37. The van der Waals surface area contributed by atoms with Gasteiger partial charge in [0.05, 0.1) is 11.7 Å². The molecule has 25 heavy (non-hydrogen) atoms. The van der Waals surface area contributed by atoms with E-state index >= 15 is 0 Å². The molecule has 1 saturated heterocycles. The summed E-state index contributed by atoms with van der Waals surface area (Å²) in [6.07, 6.45) is 8.14. The molecule has 1 aliphatic carbocycles. The van der Waals surface area contributed by atoms with Crippen molar-refractivity contribution in [1.29, 1.82) is 0 Å². The number of amidine groups is 1. The van der Waals surface area contributed by atoms with Gasteiger partial charge in [-0.05, 0) is 42.8 Å². The van der Waals surface area contributed by atoms with Crippen LogP contribution in [0.5, 0.6) is 0 Å². The van der Waals surface area contributed by atoms with Gasteiger partial charge < -0.3 is 4.90 Å². The molecular weight excluding hydrogens is 304 g/mol. The number of para-hydroxylation sites is 1. The number of aryl methyl sites for hydroxylation is 1. The fourth-order valence-corrected chi connectivity index (χ4v) is 3.18. The fourth-order valence-electron chi connectivity index (χ4n) is 3.18. The van der Waals surface area contributed by atoms with Crippen molar-refractivity contribution in [3.8, 4) is 11.8 Å². The number of aliphatic imine (C=N–C) groups is 1. The van der Waals surface area contributed by atoms with Crippen molar-refractivity contribution in [1.82, 2.24) is 0 Å². The van der Waals surface area contributed by atoms with Crippen LogP contribution in [0.1, 0.15) is 18.4 Å². The normalized spacial score (nSPS) is 20.4. The first-order valence-electron chi connectivity index (χ1n) is 8.65. The summed E-state index contributed by atoms with van der Waals surface area (Å²) in [6.45, 7) is 2.11. The Morgan fingerprint density at radius 2 is 1.84 bits per heavy atom. The first-order chi connectivity index (χ1) is 12.3. The number of nitrogens with zero attached hydrogens (tertiary/aromatic N) is 2. The van der Waals surface area contributed by atoms with Crippen LogP contribution in [0.2, 0.25) is 0 Å². The van der Waals surface area contributed by atoms with Crippen LogP contribution >= 0.6 is 0 Å². The molecule has 0 saturated carbocycles. The number of hydrogen-bond donors (Lipinski definition) is 0. The summed E-state index contributed by atoms with van der Waals surface area (Å²) in [6, 6.07) is 19.1. The summed E-state index contributed by atoms with van der Waals surface area (Å²) in [5.74, 6) is 7.39. The van der Waals surface area contributed by atoms with Crippen molar-refractivity contribution in [3.63, 3.8) is 0 Å². The molecule has 2 nitrogen and oxygen atoms in total. The summed E-state index contributed by atoms with van der Waals surface area (Å²) < 4.78 is 0. The maximum absolute atomic E-state index is 4.87. The minimum Gasteiger partial charge on any atom is -0.322 e. The zero-order chi connectivity index (χ0) is 17.1. The Morgan fingerprint density at radius 3 is 2.64 bits per heavy atom. The summed E-state index contributed by atoms with van der Waals surface area (Å²) >= 11 is 0. The largest absolute Gasteiger partial charge is 0.322 e. The van der Waals surface area contributed by atoms with Gasteiger partial charge in [0.2, 0.25) is 0 Å². The summed E-state index contributed by atoms with van der Waals surface area (Å²) in [5.41, 5.74) is 4.71. The second kappa shape index (κ2) is 6.83. The van der Waals surface area contributed by atoms with Crippen molar-refractivity contribution in [3.05, 3.63) is 84.0 Å². The number of rotatable bonds is 3. The molecule has 0 N–H and O–H groups in total. The second-order valence-corrected chi connectivity index (χ2v) is 6.36. The summed E-state index contributed by atoms with van der Waals surface area (Å²) in [7, 11) is 0. The molecule has 1 fully saturated rings. The molecule has 0 spiro atoms. The van der Waals surface area contributed by atoms with Crippen LogP contribution in [-0.2, 0) is 0 Å². The molecule has 1 aliphatic heterocycles. The Labute approximate surface area is 149 Å². The molecule has 2 aromatic rings. The Kier molecular flexibility index (Phi) is 4.23. The first-order valence-corrected chi connectivity index (χ1v) is 8.65. The van der Waals surface area contributed by atoms with Gasteiger partial charge in [-0.15, -0.1) is 0 Å². The van der Waals surface area contributed by atoms with E-state index in [0.717, 1.165) is 24.4 Å². The predicted molar refractivity (Wildman–Crippen MR) is 105 cm³/mol. The van der Waals surface area contributed by atoms with Crippen LogP contribution in [0, 0.1) is 18.8 Å². The molecule has 1 heterocycles. The monoisotopic (exact) mass is 324 g/mol. The van der Waals surface area contributed by atoms with E-state index in [0.29, 0.717) is 6.04 Å². The molecule has 4 rings (SSSR count). The molecule has 0 aromatic heterocycles. The van der Waals surface area contributed by atoms with E-state index in [-0.39, 0.29) is 0 Å². The van der Waals surface area contributed by atoms with Gasteiger partial charge in [-0.1, -0.05) is 59.9 Å². The van der Waals surface area contributed by atoms with E-state index in [1.807, 2.05) is 30.3 Å². The van der Waals surface area contributed by atoms with Gasteiger partial charge in [-0.2, -0.15) is 0 Å². The smallest absolute Gasteiger partial charge is 0.112 e. The Bertz CT molecular complexity index is 906. The van der Waals surface area contributed by atoms with Gasteiger partial charge in [0.15, 0.2) is 0 Å². The van der Waals surface area contributed by atoms with Gasteiger partial charge >= 0.3 is 0 Å². The molecule has 0 radical (unpaired) electrons. The van der Waals surface area contributed by atoms with Gasteiger partial charge in [-0.25, -0.2) is 4.99 Å². The molecule has 1 atom stereocenters. The van der Waals surface area contributed by atoms with Crippen molar-refractivity contribution in [2.24, 2.45) is 4.99 Å². The van der Waals surface area contributed by atoms with Crippen LogP contribution in [0.4, 0.5) is 11.4 Å². The standard InChI is InChI=1S/C23H20N2/c1-18-13-15-21(16-14-18)25-22(19-9-5-2-3-6-10-19)17-23(25)24-20-11-7-4-8-12-20/h4-5,7-16,22H,2,17H2,1H3/b24-23+. The lowest BCUT2D eigenvalue weighted by Gasteiger charge is -2.44. The van der Waals surface area contributed by atoms with Gasteiger partial charge in [0, 0.05) is 18.5 Å². The molecule has 0 amide bonds. The van der Waals surface area contributed by atoms with Crippen molar-refractivity contribution in [2.75, 3.05) is 4.90 Å². The zero-order valence-electron chi connectivity index (χ0n) is 14.3. The molecular formula is C23H20N2. The fraction of sp³-hybridized carbons (Fsp3) is 0.174. The second-order valence-electron chi connectivity index (χ2n) is 6.36. The lowest BCUT2D eigenvalue weighted by atomic mass is 9.91. The maximum atomic E-state index is 4.87. The van der Waals surface area contributed by atoms with Crippen LogP contribution < -0.4 is 4.90 Å². The van der Waals surface area contributed by atoms with E-state index < -0.39 is 0 Å². The third-order valence-electron chi connectivity index (χ3n) is 4.55. The van der Waals surface area contributed by atoms with Crippen molar-refractivity contribution in [2.45, 2.75) is 25.8 Å². The lowest BCUT2D eigenvalue weighted by molar-refractivity contribution is 0.706. The van der Waals surface area contributed by atoms with Gasteiger partial charge in [0.1, 0.15) is 5.84 Å².